The van der Waals surface area contributed by atoms with Crippen LogP contribution in [0.5, 0.6) is 0 Å². The van der Waals surface area contributed by atoms with Crippen LogP contribution >= 0.6 is 12.4 Å². The number of nitrogens with one attached hydrogen (secondary N) is 1. The van der Waals surface area contributed by atoms with E-state index in [0.717, 1.165) is 5.69 Å². The second-order valence-electron chi connectivity index (χ2n) is 6.50. The molecule has 3 N–H and O–H groups in total. The number of benzene rings is 2. The summed E-state index contributed by atoms with van der Waals surface area (Å²) in [6.45, 7) is 1.84. The zero-order valence-corrected chi connectivity index (χ0v) is 17.6. The fourth-order valence-electron chi connectivity index (χ4n) is 3.02. The Morgan fingerprint density at radius 1 is 1.03 bits per heavy atom. The summed E-state index contributed by atoms with van der Waals surface area (Å²) < 4.78 is 37.9. The number of aromatic nitrogens is 4. The predicted molar refractivity (Wildman–Crippen MR) is 115 cm³/mol. The fraction of sp³-hybridized carbons (Fsp3) is 0.105. The van der Waals surface area contributed by atoms with E-state index >= 15 is 0 Å². The molecule has 11 heteroatoms. The molecule has 0 fully saturated rings. The van der Waals surface area contributed by atoms with Crippen LogP contribution in [0.1, 0.15) is 5.69 Å². The number of hydrogen-bond donors (Lipinski definition) is 2. The third kappa shape index (κ3) is 4.11. The summed E-state index contributed by atoms with van der Waals surface area (Å²) in [4.78, 5) is 9.20. The van der Waals surface area contributed by atoms with Crippen LogP contribution in [-0.2, 0) is 17.1 Å². The smallest absolute Gasteiger partial charge is 0.238 e. The van der Waals surface area contributed by atoms with Gasteiger partial charge in [0.25, 0.3) is 0 Å². The molecule has 2 aromatic carbocycles. The Balaban J connectivity index is 0.00000256. The van der Waals surface area contributed by atoms with Crippen molar-refractivity contribution in [3.8, 4) is 11.4 Å². The molecule has 0 saturated heterocycles. The number of sulfonamides is 1. The molecule has 8 nitrogen and oxygen atoms in total. The van der Waals surface area contributed by atoms with Crippen LogP contribution in [0.25, 0.3) is 22.4 Å². The molecular weight excluding hydrogens is 431 g/mol. The molecule has 2 heterocycles. The first kappa shape index (κ1) is 21.6. The van der Waals surface area contributed by atoms with Gasteiger partial charge in [0.2, 0.25) is 10.0 Å². The minimum Gasteiger partial charge on any atom is -0.338 e. The van der Waals surface area contributed by atoms with Crippen LogP contribution in [0.3, 0.4) is 0 Å². The maximum absolute atomic E-state index is 13.3. The Labute approximate surface area is 178 Å². The van der Waals surface area contributed by atoms with Crippen LogP contribution < -0.4 is 10.5 Å². The number of nitrogens with zero attached hydrogens (tertiary/aromatic N) is 4. The Hall–Kier alpha value is -3.08. The molecule has 0 radical (unpaired) electrons. The quantitative estimate of drug-likeness (QED) is 0.495. The first-order valence-electron chi connectivity index (χ1n) is 8.59. The van der Waals surface area contributed by atoms with Gasteiger partial charge in [-0.3, -0.25) is 4.68 Å². The maximum atomic E-state index is 13.3. The molecule has 0 unspecified atom stereocenters. The first-order valence-corrected chi connectivity index (χ1v) is 10.1. The third-order valence-electron chi connectivity index (χ3n) is 4.40. The van der Waals surface area contributed by atoms with Gasteiger partial charge in [0, 0.05) is 18.3 Å². The second-order valence-corrected chi connectivity index (χ2v) is 8.06. The number of primary sulfonamides is 1. The highest BCUT2D eigenvalue weighted by molar-refractivity contribution is 7.89. The van der Waals surface area contributed by atoms with Gasteiger partial charge in [0.15, 0.2) is 11.6 Å². The van der Waals surface area contributed by atoms with E-state index in [1.54, 1.807) is 36.0 Å². The lowest BCUT2D eigenvalue weighted by atomic mass is 10.2. The van der Waals surface area contributed by atoms with Gasteiger partial charge in [-0.1, -0.05) is 0 Å². The highest BCUT2D eigenvalue weighted by atomic mass is 35.5. The lowest BCUT2D eigenvalue weighted by molar-refractivity contribution is 0.598. The van der Waals surface area contributed by atoms with Gasteiger partial charge in [0.05, 0.1) is 10.6 Å². The van der Waals surface area contributed by atoms with Crippen molar-refractivity contribution in [3.05, 3.63) is 60.0 Å². The van der Waals surface area contributed by atoms with Crippen LogP contribution in [0, 0.1) is 12.7 Å². The molecule has 2 aromatic heterocycles. The number of fused-ring (bicyclic) bond motifs is 1. The molecule has 0 amide bonds. The van der Waals surface area contributed by atoms with Crippen molar-refractivity contribution < 1.29 is 12.8 Å². The fourth-order valence-corrected chi connectivity index (χ4v) is 3.53. The summed E-state index contributed by atoms with van der Waals surface area (Å²) in [5.41, 5.74) is 3.33. The summed E-state index contributed by atoms with van der Waals surface area (Å²) in [7, 11) is -1.99. The summed E-state index contributed by atoms with van der Waals surface area (Å²) >= 11 is 0. The van der Waals surface area contributed by atoms with Crippen molar-refractivity contribution in [1.29, 1.82) is 0 Å². The van der Waals surface area contributed by atoms with Gasteiger partial charge < -0.3 is 5.32 Å². The van der Waals surface area contributed by atoms with E-state index in [1.807, 2.05) is 6.92 Å². The number of anilines is 2. The minimum atomic E-state index is -3.77. The molecule has 156 valence electrons. The normalized spacial score (nSPS) is 11.3. The minimum absolute atomic E-state index is 0. The van der Waals surface area contributed by atoms with Crippen molar-refractivity contribution in [2.24, 2.45) is 12.2 Å². The van der Waals surface area contributed by atoms with Crippen LogP contribution in [-0.4, -0.2) is 28.2 Å². The molecule has 0 aliphatic rings. The molecule has 4 rings (SSSR count). The average molecular weight is 449 g/mol. The van der Waals surface area contributed by atoms with E-state index in [0.29, 0.717) is 33.9 Å². The lowest BCUT2D eigenvalue weighted by Crippen LogP contribution is -2.11. The van der Waals surface area contributed by atoms with E-state index in [-0.39, 0.29) is 23.1 Å². The molecule has 0 bridgehead atoms. The van der Waals surface area contributed by atoms with Gasteiger partial charge in [-0.15, -0.1) is 12.4 Å². The zero-order chi connectivity index (χ0) is 20.8. The number of hydrogen-bond acceptors (Lipinski definition) is 6. The van der Waals surface area contributed by atoms with Gasteiger partial charge >= 0.3 is 0 Å². The van der Waals surface area contributed by atoms with Crippen LogP contribution in [0.15, 0.2) is 53.4 Å². The number of rotatable bonds is 4. The largest absolute Gasteiger partial charge is 0.338 e. The van der Waals surface area contributed by atoms with E-state index in [9.17, 15) is 12.8 Å². The van der Waals surface area contributed by atoms with E-state index < -0.39 is 10.0 Å². The van der Waals surface area contributed by atoms with Crippen molar-refractivity contribution in [2.45, 2.75) is 11.8 Å². The van der Waals surface area contributed by atoms with Crippen molar-refractivity contribution in [2.75, 3.05) is 5.32 Å². The SMILES string of the molecule is Cc1nn(C)c2c(Nc3ccc(S(N)(=O)=O)cc3)nc(-c3ccc(F)cc3)nc12.Cl. The average Bonchev–Trinajstić information content (AvgIpc) is 2.96. The summed E-state index contributed by atoms with van der Waals surface area (Å²) in [5, 5.41) is 12.7. The monoisotopic (exact) mass is 448 g/mol. The molecule has 30 heavy (non-hydrogen) atoms. The van der Waals surface area contributed by atoms with Gasteiger partial charge in [0.1, 0.15) is 16.9 Å². The van der Waals surface area contributed by atoms with Crippen LogP contribution in [0.4, 0.5) is 15.9 Å². The van der Waals surface area contributed by atoms with Crippen LogP contribution in [0.2, 0.25) is 0 Å². The summed E-state index contributed by atoms with van der Waals surface area (Å²) in [6, 6.07) is 11.9. The number of halogens is 2. The van der Waals surface area contributed by atoms with E-state index in [2.05, 4.69) is 20.4 Å². The molecule has 0 spiro atoms. The standard InChI is InChI=1S/C19H17FN6O2S.ClH/c1-11-16-17(26(2)25-11)19(22-14-7-9-15(10-8-14)29(21,27)28)24-18(23-16)12-3-5-13(20)6-4-12;/h3-10H,1-2H3,(H2,21,27,28)(H,22,23,24);1H. The Morgan fingerprint density at radius 2 is 1.67 bits per heavy atom. The molecular formula is C19H18ClFN6O2S. The molecule has 0 aliphatic carbocycles. The second kappa shape index (κ2) is 7.98. The van der Waals surface area contributed by atoms with Gasteiger partial charge in [-0.25, -0.2) is 27.9 Å². The zero-order valence-electron chi connectivity index (χ0n) is 16.0. The summed E-state index contributed by atoms with van der Waals surface area (Å²) in [5.74, 6) is 0.554. The number of nitrogens with two attached hydrogens (primary N) is 1. The van der Waals surface area contributed by atoms with Crippen molar-refractivity contribution in [3.63, 3.8) is 0 Å². The van der Waals surface area contributed by atoms with Crippen molar-refractivity contribution in [1.82, 2.24) is 19.7 Å². The summed E-state index contributed by atoms with van der Waals surface area (Å²) in [6.07, 6.45) is 0. The predicted octanol–water partition coefficient (Wildman–Crippen LogP) is 3.29. The lowest BCUT2D eigenvalue weighted by Gasteiger charge is -2.10. The molecule has 0 atom stereocenters. The molecule has 0 saturated carbocycles. The maximum Gasteiger partial charge on any atom is 0.238 e. The highest BCUT2D eigenvalue weighted by Crippen LogP contribution is 2.29. The molecule has 0 aliphatic heterocycles. The van der Waals surface area contributed by atoms with E-state index in [1.165, 1.54) is 24.3 Å². The van der Waals surface area contributed by atoms with Gasteiger partial charge in [-0.2, -0.15) is 5.10 Å². The highest BCUT2D eigenvalue weighted by Gasteiger charge is 2.17. The van der Waals surface area contributed by atoms with Crippen molar-refractivity contribution >= 4 is 45.0 Å². The topological polar surface area (TPSA) is 116 Å². The van der Waals surface area contributed by atoms with Gasteiger partial charge in [-0.05, 0) is 55.5 Å². The first-order chi connectivity index (χ1) is 13.7. The van der Waals surface area contributed by atoms with E-state index in [4.69, 9.17) is 5.14 Å². The Kier molecular flexibility index (Phi) is 5.75. The molecule has 4 aromatic rings. The Bertz CT molecular complexity index is 1320. The third-order valence-corrected chi connectivity index (χ3v) is 5.33. The Morgan fingerprint density at radius 3 is 2.27 bits per heavy atom. The number of aryl methyl sites for hydroxylation is 2.